The molecule has 2 aromatic heterocycles. The number of anilines is 1. The van der Waals surface area contributed by atoms with Crippen LogP contribution in [0, 0.1) is 5.92 Å². The van der Waals surface area contributed by atoms with Crippen molar-refractivity contribution in [3.63, 3.8) is 0 Å². The van der Waals surface area contributed by atoms with E-state index in [9.17, 15) is 0 Å². The maximum absolute atomic E-state index is 5.28. The van der Waals surface area contributed by atoms with Crippen molar-refractivity contribution in [3.8, 4) is 0 Å². The van der Waals surface area contributed by atoms with Crippen LogP contribution < -0.4 is 5.32 Å². The summed E-state index contributed by atoms with van der Waals surface area (Å²) in [4.78, 5) is 14.7. The van der Waals surface area contributed by atoms with Gasteiger partial charge in [-0.2, -0.15) is 0 Å². The van der Waals surface area contributed by atoms with Gasteiger partial charge < -0.3 is 10.1 Å². The van der Waals surface area contributed by atoms with Crippen LogP contribution in [-0.4, -0.2) is 23.6 Å². The Labute approximate surface area is 182 Å². The molecule has 1 aliphatic rings. The van der Waals surface area contributed by atoms with Crippen molar-refractivity contribution in [2.24, 2.45) is 5.92 Å². The molecular weight excluding hydrogens is 390 g/mol. The van der Waals surface area contributed by atoms with Gasteiger partial charge in [-0.3, -0.25) is 4.40 Å². The summed E-state index contributed by atoms with van der Waals surface area (Å²) >= 11 is 0. The lowest BCUT2D eigenvalue weighted by Crippen LogP contribution is -2.04. The standard InChI is InChI=1S/C25H27N3O3/c1-29-22-11-8-19(9-12-22)10-13-23-25(26-17-20-6-4-3-5-7-20)28-15-14-21(18-31-30-2)16-24(28)27-23/h3-8,10-16,19,26H,9,17-18H2,1-2H3/b13-10+. The molecule has 0 bridgehead atoms. The topological polar surface area (TPSA) is 57.0 Å². The smallest absolute Gasteiger partial charge is 0.139 e. The number of hydrogen-bond donors (Lipinski definition) is 1. The summed E-state index contributed by atoms with van der Waals surface area (Å²) in [5, 5.41) is 3.56. The average molecular weight is 418 g/mol. The molecular formula is C25H27N3O3. The van der Waals surface area contributed by atoms with Gasteiger partial charge in [-0.1, -0.05) is 42.5 Å². The fourth-order valence-corrected chi connectivity index (χ4v) is 3.52. The number of ether oxygens (including phenoxy) is 1. The lowest BCUT2D eigenvalue weighted by Gasteiger charge is -2.12. The van der Waals surface area contributed by atoms with Gasteiger partial charge >= 0.3 is 0 Å². The van der Waals surface area contributed by atoms with Crippen molar-refractivity contribution in [1.82, 2.24) is 9.38 Å². The molecule has 1 unspecified atom stereocenters. The predicted molar refractivity (Wildman–Crippen MR) is 122 cm³/mol. The zero-order chi connectivity index (χ0) is 21.5. The van der Waals surface area contributed by atoms with E-state index < -0.39 is 0 Å². The molecule has 0 radical (unpaired) electrons. The van der Waals surface area contributed by atoms with Gasteiger partial charge in [-0.25, -0.2) is 14.8 Å². The van der Waals surface area contributed by atoms with Gasteiger partial charge in [0.25, 0.3) is 0 Å². The average Bonchev–Trinajstić information content (AvgIpc) is 3.17. The Hall–Kier alpha value is -3.35. The van der Waals surface area contributed by atoms with Crippen LogP contribution in [-0.2, 0) is 27.7 Å². The molecule has 0 fully saturated rings. The van der Waals surface area contributed by atoms with E-state index in [4.69, 9.17) is 19.5 Å². The highest BCUT2D eigenvalue weighted by molar-refractivity contribution is 5.67. The summed E-state index contributed by atoms with van der Waals surface area (Å²) in [7, 11) is 3.20. The molecule has 160 valence electrons. The molecule has 6 heteroatoms. The first-order valence-electron chi connectivity index (χ1n) is 10.3. The van der Waals surface area contributed by atoms with E-state index >= 15 is 0 Å². The second-order valence-electron chi connectivity index (χ2n) is 7.31. The van der Waals surface area contributed by atoms with E-state index in [2.05, 4.69) is 46.2 Å². The largest absolute Gasteiger partial charge is 0.497 e. The molecule has 0 spiro atoms. The number of fused-ring (bicyclic) bond motifs is 1. The number of rotatable bonds is 9. The number of benzene rings is 1. The van der Waals surface area contributed by atoms with Gasteiger partial charge in [-0.05, 0) is 53.8 Å². The molecule has 1 aliphatic carbocycles. The molecule has 4 rings (SSSR count). The fraction of sp³-hybridized carbons (Fsp3) is 0.240. The number of nitrogens with one attached hydrogen (secondary N) is 1. The van der Waals surface area contributed by atoms with Crippen LogP contribution in [0.1, 0.15) is 23.2 Å². The molecule has 6 nitrogen and oxygen atoms in total. The highest BCUT2D eigenvalue weighted by Gasteiger charge is 2.12. The van der Waals surface area contributed by atoms with Gasteiger partial charge in [0.2, 0.25) is 0 Å². The zero-order valence-corrected chi connectivity index (χ0v) is 17.8. The Morgan fingerprint density at radius 1 is 1.16 bits per heavy atom. The summed E-state index contributed by atoms with van der Waals surface area (Å²) in [5.41, 5.74) is 3.96. The van der Waals surface area contributed by atoms with Crippen LogP contribution in [0.3, 0.4) is 0 Å². The second-order valence-corrected chi connectivity index (χ2v) is 7.31. The van der Waals surface area contributed by atoms with Crippen molar-refractivity contribution in [2.75, 3.05) is 19.5 Å². The first-order chi connectivity index (χ1) is 15.3. The quantitative estimate of drug-likeness (QED) is 0.386. The number of allylic oxidation sites excluding steroid dienone is 4. The molecule has 0 saturated carbocycles. The van der Waals surface area contributed by atoms with Gasteiger partial charge in [0, 0.05) is 12.7 Å². The Morgan fingerprint density at radius 2 is 2.03 bits per heavy atom. The number of pyridine rings is 1. The minimum Gasteiger partial charge on any atom is -0.497 e. The predicted octanol–water partition coefficient (Wildman–Crippen LogP) is 5.14. The highest BCUT2D eigenvalue weighted by Crippen LogP contribution is 2.24. The second kappa shape index (κ2) is 10.1. The van der Waals surface area contributed by atoms with E-state index in [0.29, 0.717) is 19.1 Å². The summed E-state index contributed by atoms with van der Waals surface area (Å²) in [6.45, 7) is 1.09. The molecule has 3 aromatic rings. The van der Waals surface area contributed by atoms with Crippen molar-refractivity contribution in [1.29, 1.82) is 0 Å². The first-order valence-corrected chi connectivity index (χ1v) is 10.3. The van der Waals surface area contributed by atoms with Gasteiger partial charge in [0.05, 0.1) is 14.2 Å². The molecule has 0 aliphatic heterocycles. The molecule has 2 heterocycles. The third-order valence-corrected chi connectivity index (χ3v) is 5.20. The van der Waals surface area contributed by atoms with E-state index in [1.165, 1.54) is 12.7 Å². The van der Waals surface area contributed by atoms with Gasteiger partial charge in [-0.15, -0.1) is 0 Å². The molecule has 1 aromatic carbocycles. The molecule has 1 N–H and O–H groups in total. The first kappa shape index (κ1) is 20.9. The molecule has 0 saturated heterocycles. The van der Waals surface area contributed by atoms with Crippen molar-refractivity contribution in [3.05, 3.63) is 95.5 Å². The van der Waals surface area contributed by atoms with Crippen LogP contribution in [0.2, 0.25) is 0 Å². The van der Waals surface area contributed by atoms with E-state index in [-0.39, 0.29) is 0 Å². The maximum atomic E-state index is 5.28. The number of hydrogen-bond acceptors (Lipinski definition) is 5. The van der Waals surface area contributed by atoms with Crippen molar-refractivity contribution < 1.29 is 14.5 Å². The normalized spacial score (nSPS) is 16.1. The van der Waals surface area contributed by atoms with Crippen molar-refractivity contribution in [2.45, 2.75) is 19.6 Å². The van der Waals surface area contributed by atoms with Crippen LogP contribution in [0.4, 0.5) is 5.82 Å². The van der Waals surface area contributed by atoms with Crippen LogP contribution in [0.25, 0.3) is 11.7 Å². The zero-order valence-electron chi connectivity index (χ0n) is 17.8. The van der Waals surface area contributed by atoms with Crippen molar-refractivity contribution >= 4 is 17.5 Å². The Bertz CT molecular complexity index is 1100. The van der Waals surface area contributed by atoms with Gasteiger partial charge in [0.1, 0.15) is 29.5 Å². The van der Waals surface area contributed by atoms with E-state index in [1.54, 1.807) is 7.11 Å². The summed E-state index contributed by atoms with van der Waals surface area (Å²) < 4.78 is 7.35. The third-order valence-electron chi connectivity index (χ3n) is 5.20. The van der Waals surface area contributed by atoms with E-state index in [0.717, 1.165) is 34.9 Å². The lowest BCUT2D eigenvalue weighted by atomic mass is 9.99. The third kappa shape index (κ3) is 5.23. The summed E-state index contributed by atoms with van der Waals surface area (Å²) in [5.74, 6) is 2.19. The minimum absolute atomic E-state index is 0.316. The molecule has 1 atom stereocenters. The highest BCUT2D eigenvalue weighted by atomic mass is 17.2. The number of methoxy groups -OCH3 is 1. The van der Waals surface area contributed by atoms with Gasteiger partial charge in [0.15, 0.2) is 0 Å². The number of imidazole rings is 1. The minimum atomic E-state index is 0.316. The Morgan fingerprint density at radius 3 is 2.77 bits per heavy atom. The SMILES string of the molecule is COOCc1ccn2c(NCc3ccccc3)c(/C=C/C3C=CC(OC)=CC3)nc2c1. The lowest BCUT2D eigenvalue weighted by molar-refractivity contribution is -0.282. The Kier molecular flexibility index (Phi) is 6.82. The molecule has 0 amide bonds. The van der Waals surface area contributed by atoms with Crippen LogP contribution in [0.5, 0.6) is 0 Å². The van der Waals surface area contributed by atoms with Crippen LogP contribution >= 0.6 is 0 Å². The number of nitrogens with zero attached hydrogens (tertiary/aromatic N) is 2. The summed E-state index contributed by atoms with van der Waals surface area (Å²) in [6.07, 6.45) is 13.5. The fourth-order valence-electron chi connectivity index (χ4n) is 3.52. The van der Waals surface area contributed by atoms with E-state index in [1.807, 2.05) is 42.6 Å². The number of aromatic nitrogens is 2. The monoisotopic (exact) mass is 417 g/mol. The summed E-state index contributed by atoms with van der Waals surface area (Å²) in [6, 6.07) is 14.4. The molecule has 31 heavy (non-hydrogen) atoms. The maximum Gasteiger partial charge on any atom is 0.139 e. The van der Waals surface area contributed by atoms with Crippen LogP contribution in [0.15, 0.2) is 78.7 Å². The Balaban J connectivity index is 1.60.